The van der Waals surface area contributed by atoms with Gasteiger partial charge in [-0.15, -0.1) is 0 Å². The molecule has 6 nitrogen and oxygen atoms in total. The largest absolute Gasteiger partial charge is 0.325 e. The molecule has 0 saturated carbocycles. The lowest BCUT2D eigenvalue weighted by Gasteiger charge is -2.19. The van der Waals surface area contributed by atoms with E-state index in [9.17, 15) is 13.2 Å². The third-order valence-electron chi connectivity index (χ3n) is 4.40. The maximum Gasteiger partial charge on any atom is 0.243 e. The van der Waals surface area contributed by atoms with Crippen molar-refractivity contribution in [1.29, 1.82) is 0 Å². The first-order valence-corrected chi connectivity index (χ1v) is 11.0. The van der Waals surface area contributed by atoms with Crippen LogP contribution in [0.2, 0.25) is 5.02 Å². The van der Waals surface area contributed by atoms with Gasteiger partial charge in [0, 0.05) is 29.8 Å². The Kier molecular flexibility index (Phi) is 8.00. The Morgan fingerprint density at radius 2 is 1.79 bits per heavy atom. The smallest absolute Gasteiger partial charge is 0.243 e. The summed E-state index contributed by atoms with van der Waals surface area (Å²) in [7, 11) is -3.57. The third-order valence-corrected chi connectivity index (χ3v) is 6.79. The van der Waals surface area contributed by atoms with E-state index in [4.69, 9.17) is 11.6 Å². The van der Waals surface area contributed by atoms with Crippen LogP contribution < -0.4 is 10.6 Å². The number of amides is 1. The Balaban J connectivity index is 2.02. The van der Waals surface area contributed by atoms with E-state index in [0.29, 0.717) is 23.8 Å². The van der Waals surface area contributed by atoms with E-state index in [2.05, 4.69) is 10.6 Å². The second-order valence-corrected chi connectivity index (χ2v) is 8.63. The minimum Gasteiger partial charge on any atom is -0.325 e. The van der Waals surface area contributed by atoms with Crippen LogP contribution in [0.1, 0.15) is 32.4 Å². The molecule has 152 valence electrons. The second kappa shape index (κ2) is 10.0. The van der Waals surface area contributed by atoms with Gasteiger partial charge in [-0.3, -0.25) is 4.79 Å². The summed E-state index contributed by atoms with van der Waals surface area (Å²) in [6.45, 7) is 6.35. The lowest BCUT2D eigenvalue weighted by atomic mass is 10.1. The molecule has 2 rings (SSSR count). The average molecular weight is 424 g/mol. The van der Waals surface area contributed by atoms with Crippen molar-refractivity contribution < 1.29 is 13.2 Å². The fraction of sp³-hybridized carbons (Fsp3) is 0.350. The lowest BCUT2D eigenvalue weighted by Crippen LogP contribution is -2.31. The maximum absolute atomic E-state index is 12.6. The van der Waals surface area contributed by atoms with Crippen molar-refractivity contribution in [3.8, 4) is 0 Å². The van der Waals surface area contributed by atoms with Gasteiger partial charge in [-0.25, -0.2) is 8.42 Å². The molecule has 1 amide bonds. The standard InChI is InChI=1S/C20H26ClN3O3S/c1-4-24(5-2)28(26,27)17-10-8-9-16(13-17)23-20(25)14-22-15(3)18-11-6-7-12-19(18)21/h6-13,15,22H,4-5,14H2,1-3H3,(H,23,25)/t15-/m1/s1. The molecular formula is C20H26ClN3O3S. The number of hydrogen-bond acceptors (Lipinski definition) is 4. The molecule has 0 aliphatic rings. The first-order chi connectivity index (χ1) is 13.3. The summed E-state index contributed by atoms with van der Waals surface area (Å²) in [6, 6.07) is 13.6. The summed E-state index contributed by atoms with van der Waals surface area (Å²) in [5.41, 5.74) is 1.34. The summed E-state index contributed by atoms with van der Waals surface area (Å²) in [6.07, 6.45) is 0. The molecule has 1 atom stereocenters. The van der Waals surface area contributed by atoms with Crippen LogP contribution in [0.5, 0.6) is 0 Å². The van der Waals surface area contributed by atoms with Gasteiger partial charge in [0.05, 0.1) is 11.4 Å². The molecule has 2 N–H and O–H groups in total. The number of nitrogens with zero attached hydrogens (tertiary/aromatic N) is 1. The van der Waals surface area contributed by atoms with Crippen LogP contribution in [-0.2, 0) is 14.8 Å². The number of nitrogens with one attached hydrogen (secondary N) is 2. The predicted octanol–water partition coefficient (Wildman–Crippen LogP) is 3.66. The van der Waals surface area contributed by atoms with Gasteiger partial charge < -0.3 is 10.6 Å². The number of halogens is 1. The monoisotopic (exact) mass is 423 g/mol. The minimum atomic E-state index is -3.57. The predicted molar refractivity (Wildman–Crippen MR) is 113 cm³/mol. The molecule has 0 radical (unpaired) electrons. The van der Waals surface area contributed by atoms with Crippen molar-refractivity contribution in [2.24, 2.45) is 0 Å². The topological polar surface area (TPSA) is 78.5 Å². The zero-order valence-electron chi connectivity index (χ0n) is 16.3. The van der Waals surface area contributed by atoms with Gasteiger partial charge in [0.25, 0.3) is 0 Å². The van der Waals surface area contributed by atoms with Gasteiger partial charge >= 0.3 is 0 Å². The third kappa shape index (κ3) is 5.54. The number of carbonyl (C=O) groups is 1. The summed E-state index contributed by atoms with van der Waals surface area (Å²) >= 11 is 6.17. The van der Waals surface area contributed by atoms with Gasteiger partial charge in [0.1, 0.15) is 0 Å². The van der Waals surface area contributed by atoms with Crippen LogP contribution in [0.4, 0.5) is 5.69 Å². The van der Waals surface area contributed by atoms with Crippen molar-refractivity contribution in [2.45, 2.75) is 31.7 Å². The van der Waals surface area contributed by atoms with Gasteiger partial charge in [0.2, 0.25) is 15.9 Å². The van der Waals surface area contributed by atoms with Gasteiger partial charge in [-0.05, 0) is 36.8 Å². The zero-order chi connectivity index (χ0) is 20.7. The molecule has 2 aromatic carbocycles. The normalized spacial score (nSPS) is 12.8. The summed E-state index contributed by atoms with van der Waals surface area (Å²) in [5, 5.41) is 6.49. The number of carbonyl (C=O) groups excluding carboxylic acids is 1. The molecule has 0 unspecified atom stereocenters. The number of rotatable bonds is 9. The molecular weight excluding hydrogens is 398 g/mol. The number of benzene rings is 2. The van der Waals surface area contributed by atoms with E-state index >= 15 is 0 Å². The summed E-state index contributed by atoms with van der Waals surface area (Å²) in [4.78, 5) is 12.4. The van der Waals surface area contributed by atoms with Crippen LogP contribution in [0.25, 0.3) is 0 Å². The highest BCUT2D eigenvalue weighted by atomic mass is 35.5. The fourth-order valence-corrected chi connectivity index (χ4v) is 4.64. The van der Waals surface area contributed by atoms with Crippen LogP contribution in [-0.4, -0.2) is 38.3 Å². The van der Waals surface area contributed by atoms with E-state index in [1.165, 1.54) is 16.4 Å². The molecule has 0 heterocycles. The van der Waals surface area contributed by atoms with E-state index < -0.39 is 10.0 Å². The molecule has 2 aromatic rings. The number of anilines is 1. The van der Waals surface area contributed by atoms with E-state index in [-0.39, 0.29) is 23.4 Å². The number of sulfonamides is 1. The van der Waals surface area contributed by atoms with E-state index in [0.717, 1.165) is 5.56 Å². The molecule has 0 bridgehead atoms. The van der Waals surface area contributed by atoms with E-state index in [1.54, 1.807) is 32.0 Å². The Morgan fingerprint density at radius 1 is 1.11 bits per heavy atom. The molecule has 8 heteroatoms. The molecule has 28 heavy (non-hydrogen) atoms. The Bertz CT molecular complexity index is 914. The lowest BCUT2D eigenvalue weighted by molar-refractivity contribution is -0.115. The molecule has 0 saturated heterocycles. The molecule has 0 aliphatic carbocycles. The van der Waals surface area contributed by atoms with Crippen molar-refractivity contribution >= 4 is 33.2 Å². The zero-order valence-corrected chi connectivity index (χ0v) is 17.8. The SMILES string of the molecule is CCN(CC)S(=O)(=O)c1cccc(NC(=O)CN[C@H](C)c2ccccc2Cl)c1. The Hall–Kier alpha value is -1.93. The van der Waals surface area contributed by atoms with Crippen LogP contribution in [0, 0.1) is 0 Å². The molecule has 0 aromatic heterocycles. The first kappa shape index (κ1) is 22.4. The first-order valence-electron chi connectivity index (χ1n) is 9.17. The maximum atomic E-state index is 12.6. The fourth-order valence-electron chi connectivity index (χ4n) is 2.83. The second-order valence-electron chi connectivity index (χ2n) is 6.29. The average Bonchev–Trinajstić information content (AvgIpc) is 2.67. The van der Waals surface area contributed by atoms with Gasteiger partial charge in [-0.1, -0.05) is 49.7 Å². The van der Waals surface area contributed by atoms with E-state index in [1.807, 2.05) is 25.1 Å². The summed E-state index contributed by atoms with van der Waals surface area (Å²) in [5.74, 6) is -0.267. The van der Waals surface area contributed by atoms with Crippen LogP contribution in [0.3, 0.4) is 0 Å². The molecule has 0 fully saturated rings. The van der Waals surface area contributed by atoms with Gasteiger partial charge in [-0.2, -0.15) is 4.31 Å². The van der Waals surface area contributed by atoms with Crippen LogP contribution >= 0.6 is 11.6 Å². The Labute approximate surface area is 171 Å². The van der Waals surface area contributed by atoms with Gasteiger partial charge in [0.15, 0.2) is 0 Å². The van der Waals surface area contributed by atoms with Crippen molar-refractivity contribution in [2.75, 3.05) is 25.0 Å². The highest BCUT2D eigenvalue weighted by Gasteiger charge is 2.21. The van der Waals surface area contributed by atoms with Crippen molar-refractivity contribution in [3.63, 3.8) is 0 Å². The highest BCUT2D eigenvalue weighted by molar-refractivity contribution is 7.89. The van der Waals surface area contributed by atoms with Crippen molar-refractivity contribution in [3.05, 3.63) is 59.1 Å². The highest BCUT2D eigenvalue weighted by Crippen LogP contribution is 2.22. The molecule has 0 spiro atoms. The summed E-state index contributed by atoms with van der Waals surface area (Å²) < 4.78 is 26.6. The Morgan fingerprint density at radius 3 is 2.43 bits per heavy atom. The molecule has 0 aliphatic heterocycles. The minimum absolute atomic E-state index is 0.0689. The number of hydrogen-bond donors (Lipinski definition) is 2. The van der Waals surface area contributed by atoms with Crippen molar-refractivity contribution in [1.82, 2.24) is 9.62 Å². The quantitative estimate of drug-likeness (QED) is 0.645. The van der Waals surface area contributed by atoms with Crippen LogP contribution in [0.15, 0.2) is 53.4 Å².